The van der Waals surface area contributed by atoms with Crippen molar-refractivity contribution >= 4 is 17.7 Å². The minimum Gasteiger partial charge on any atom is -0.454 e. The first-order valence-electron chi connectivity index (χ1n) is 9.18. The third kappa shape index (κ3) is 4.33. The molecule has 0 atom stereocenters. The zero-order valence-corrected chi connectivity index (χ0v) is 16.1. The first-order chi connectivity index (χ1) is 13.5. The lowest BCUT2D eigenvalue weighted by molar-refractivity contribution is 0.0972. The largest absolute Gasteiger partial charge is 0.454 e. The quantitative estimate of drug-likeness (QED) is 0.536. The number of aromatic nitrogens is 2. The summed E-state index contributed by atoms with van der Waals surface area (Å²) in [5.74, 6) is 1.33. The molecule has 10 nitrogen and oxygen atoms in total. The maximum atomic E-state index is 12.3. The van der Waals surface area contributed by atoms with E-state index < -0.39 is 5.91 Å². The van der Waals surface area contributed by atoms with Crippen LogP contribution in [0.4, 0.5) is 5.82 Å². The molecule has 10 heteroatoms. The van der Waals surface area contributed by atoms with Crippen molar-refractivity contribution in [2.24, 2.45) is 17.8 Å². The van der Waals surface area contributed by atoms with Crippen molar-refractivity contribution in [2.75, 3.05) is 37.6 Å². The Labute approximate surface area is 162 Å². The molecule has 0 saturated carbocycles. The number of aryl methyl sites for hydroxylation is 1. The molecule has 1 amide bonds. The van der Waals surface area contributed by atoms with Crippen molar-refractivity contribution in [3.63, 3.8) is 0 Å². The van der Waals surface area contributed by atoms with Crippen LogP contribution >= 0.6 is 0 Å². The normalized spacial score (nSPS) is 15.0. The molecule has 0 bridgehead atoms. The van der Waals surface area contributed by atoms with Gasteiger partial charge in [0, 0.05) is 52.2 Å². The Morgan fingerprint density at radius 3 is 2.71 bits per heavy atom. The summed E-state index contributed by atoms with van der Waals surface area (Å²) < 4.78 is 6.91. The number of anilines is 1. The van der Waals surface area contributed by atoms with E-state index >= 15 is 0 Å². The maximum Gasteiger partial charge on any atom is 0.293 e. The van der Waals surface area contributed by atoms with Gasteiger partial charge < -0.3 is 29.8 Å². The highest BCUT2D eigenvalue weighted by atomic mass is 16.3. The Balaban J connectivity index is 1.66. The van der Waals surface area contributed by atoms with Gasteiger partial charge in [0.05, 0.1) is 0 Å². The second kappa shape index (κ2) is 8.59. The number of piperazine rings is 1. The molecule has 0 spiro atoms. The molecular weight excluding hydrogens is 362 g/mol. The molecule has 28 heavy (non-hydrogen) atoms. The number of amides is 1. The summed E-state index contributed by atoms with van der Waals surface area (Å²) in [6.07, 6.45) is 3.29. The van der Waals surface area contributed by atoms with Crippen LogP contribution < -0.4 is 21.5 Å². The number of hydrogen-bond donors (Lipinski definition) is 2. The highest BCUT2D eigenvalue weighted by Crippen LogP contribution is 2.11. The van der Waals surface area contributed by atoms with E-state index in [-0.39, 0.29) is 11.3 Å². The standard InChI is InChI=1S/C18H25N7O3/c1-3-20-18(22-12-13-4-5-14(28-13)15(19)26)25-10-8-24(9-11-25)16-17(27)23(2)7-6-21-16/h4-7H,3,8-12H2,1-2H3,(H2,19,26)(H,20,22). The van der Waals surface area contributed by atoms with Crippen LogP contribution in [-0.4, -0.2) is 59.0 Å². The van der Waals surface area contributed by atoms with E-state index in [1.807, 2.05) is 11.8 Å². The Kier molecular flexibility index (Phi) is 5.97. The van der Waals surface area contributed by atoms with Crippen LogP contribution in [0.1, 0.15) is 23.2 Å². The van der Waals surface area contributed by atoms with E-state index in [0.29, 0.717) is 44.3 Å². The van der Waals surface area contributed by atoms with Crippen molar-refractivity contribution in [1.82, 2.24) is 19.8 Å². The molecule has 0 unspecified atom stereocenters. The first-order valence-corrected chi connectivity index (χ1v) is 9.18. The number of guanidine groups is 1. The Bertz CT molecular complexity index is 910. The molecule has 1 aliphatic rings. The monoisotopic (exact) mass is 387 g/mol. The molecular formula is C18H25N7O3. The highest BCUT2D eigenvalue weighted by Gasteiger charge is 2.22. The van der Waals surface area contributed by atoms with Gasteiger partial charge in [-0.1, -0.05) is 0 Å². The number of nitrogens with one attached hydrogen (secondary N) is 1. The fourth-order valence-electron chi connectivity index (χ4n) is 3.01. The van der Waals surface area contributed by atoms with Gasteiger partial charge in [0.25, 0.3) is 11.5 Å². The summed E-state index contributed by atoms with van der Waals surface area (Å²) in [4.78, 5) is 36.4. The van der Waals surface area contributed by atoms with Crippen molar-refractivity contribution in [1.29, 1.82) is 0 Å². The molecule has 1 aliphatic heterocycles. The van der Waals surface area contributed by atoms with Crippen LogP contribution in [0.3, 0.4) is 0 Å². The van der Waals surface area contributed by atoms with Crippen LogP contribution in [0.2, 0.25) is 0 Å². The fourth-order valence-corrected chi connectivity index (χ4v) is 3.01. The Morgan fingerprint density at radius 1 is 1.32 bits per heavy atom. The highest BCUT2D eigenvalue weighted by molar-refractivity contribution is 5.89. The number of furan rings is 1. The van der Waals surface area contributed by atoms with Gasteiger partial charge >= 0.3 is 0 Å². The van der Waals surface area contributed by atoms with Crippen molar-refractivity contribution in [3.05, 3.63) is 46.4 Å². The van der Waals surface area contributed by atoms with Gasteiger partial charge in [0.15, 0.2) is 17.5 Å². The summed E-state index contributed by atoms with van der Waals surface area (Å²) in [6.45, 7) is 5.78. The smallest absolute Gasteiger partial charge is 0.293 e. The summed E-state index contributed by atoms with van der Waals surface area (Å²) in [6, 6.07) is 3.24. The van der Waals surface area contributed by atoms with Crippen LogP contribution in [0.5, 0.6) is 0 Å². The molecule has 3 heterocycles. The van der Waals surface area contributed by atoms with Gasteiger partial charge in [-0.2, -0.15) is 0 Å². The van der Waals surface area contributed by atoms with Gasteiger partial charge in [-0.15, -0.1) is 0 Å². The third-order valence-electron chi connectivity index (χ3n) is 4.50. The average molecular weight is 387 g/mol. The molecule has 0 aliphatic carbocycles. The van der Waals surface area contributed by atoms with E-state index in [2.05, 4.69) is 20.2 Å². The van der Waals surface area contributed by atoms with E-state index in [9.17, 15) is 9.59 Å². The lowest BCUT2D eigenvalue weighted by atomic mass is 10.3. The zero-order chi connectivity index (χ0) is 20.1. The Hall–Kier alpha value is -3.30. The van der Waals surface area contributed by atoms with Gasteiger partial charge in [-0.25, -0.2) is 9.98 Å². The number of carbonyl (C=O) groups excluding carboxylic acids is 1. The van der Waals surface area contributed by atoms with Gasteiger partial charge in [-0.3, -0.25) is 9.59 Å². The van der Waals surface area contributed by atoms with E-state index in [1.165, 1.54) is 4.57 Å². The van der Waals surface area contributed by atoms with Gasteiger partial charge in [0.1, 0.15) is 12.3 Å². The topological polar surface area (TPSA) is 122 Å². The predicted octanol–water partition coefficient (Wildman–Crippen LogP) is -0.240. The zero-order valence-electron chi connectivity index (χ0n) is 16.1. The second-order valence-electron chi connectivity index (χ2n) is 6.44. The molecule has 2 aromatic heterocycles. The van der Waals surface area contributed by atoms with Gasteiger partial charge in [-0.05, 0) is 19.1 Å². The number of carbonyl (C=O) groups is 1. The Morgan fingerprint density at radius 2 is 2.07 bits per heavy atom. The number of nitrogens with two attached hydrogens (primary N) is 1. The number of nitrogens with zero attached hydrogens (tertiary/aromatic N) is 5. The lowest BCUT2D eigenvalue weighted by Crippen LogP contribution is -2.53. The number of hydrogen-bond acceptors (Lipinski definition) is 6. The van der Waals surface area contributed by atoms with Crippen molar-refractivity contribution < 1.29 is 9.21 Å². The average Bonchev–Trinajstić information content (AvgIpc) is 3.17. The minimum atomic E-state index is -0.598. The number of primary amides is 1. The molecule has 0 aromatic carbocycles. The molecule has 0 radical (unpaired) electrons. The number of rotatable bonds is 5. The summed E-state index contributed by atoms with van der Waals surface area (Å²) in [5, 5.41) is 3.27. The summed E-state index contributed by atoms with van der Waals surface area (Å²) in [5.41, 5.74) is 5.11. The molecule has 3 N–H and O–H groups in total. The SMILES string of the molecule is CCNC(=NCc1ccc(C(N)=O)o1)N1CCN(c2nccn(C)c2=O)CC1. The molecule has 1 saturated heterocycles. The molecule has 150 valence electrons. The van der Waals surface area contributed by atoms with E-state index in [1.54, 1.807) is 31.6 Å². The molecule has 2 aromatic rings. The van der Waals surface area contributed by atoms with Crippen LogP contribution in [0, 0.1) is 0 Å². The van der Waals surface area contributed by atoms with Crippen molar-refractivity contribution in [3.8, 4) is 0 Å². The van der Waals surface area contributed by atoms with Crippen molar-refractivity contribution in [2.45, 2.75) is 13.5 Å². The summed E-state index contributed by atoms with van der Waals surface area (Å²) in [7, 11) is 1.72. The van der Waals surface area contributed by atoms with Crippen LogP contribution in [0.25, 0.3) is 0 Å². The minimum absolute atomic E-state index is 0.0976. The van der Waals surface area contributed by atoms with Gasteiger partial charge in [0.2, 0.25) is 0 Å². The predicted molar refractivity (Wildman–Crippen MR) is 105 cm³/mol. The third-order valence-corrected chi connectivity index (χ3v) is 4.50. The maximum absolute atomic E-state index is 12.3. The second-order valence-corrected chi connectivity index (χ2v) is 6.44. The molecule has 1 fully saturated rings. The lowest BCUT2D eigenvalue weighted by Gasteiger charge is -2.36. The fraction of sp³-hybridized carbons (Fsp3) is 0.444. The first kappa shape index (κ1) is 19.5. The van der Waals surface area contributed by atoms with E-state index in [0.717, 1.165) is 12.5 Å². The number of aliphatic imine (C=N–C) groups is 1. The van der Waals surface area contributed by atoms with E-state index in [4.69, 9.17) is 10.2 Å². The van der Waals surface area contributed by atoms with Crippen LogP contribution in [0.15, 0.2) is 38.7 Å². The molecule has 3 rings (SSSR count). The summed E-state index contributed by atoms with van der Waals surface area (Å²) >= 11 is 0. The van der Waals surface area contributed by atoms with Crippen LogP contribution in [-0.2, 0) is 13.6 Å².